The van der Waals surface area contributed by atoms with Crippen molar-refractivity contribution in [1.29, 1.82) is 0 Å². The van der Waals surface area contributed by atoms with E-state index in [1.807, 2.05) is 91.0 Å². The molecule has 0 amide bonds. The maximum absolute atomic E-state index is 16.8. The van der Waals surface area contributed by atoms with Crippen LogP contribution in [-0.4, -0.2) is 34.0 Å². The molecule has 5 rings (SSSR count). The Morgan fingerprint density at radius 2 is 1.32 bits per heavy atom. The van der Waals surface area contributed by atoms with Crippen molar-refractivity contribution < 1.29 is 19.2 Å². The fraction of sp³-hybridized carbons (Fsp3) is 0.242. The molecule has 0 aromatic heterocycles. The lowest BCUT2D eigenvalue weighted by molar-refractivity contribution is -0.384. The number of piperidine rings is 1. The van der Waals surface area contributed by atoms with Crippen molar-refractivity contribution in [3.63, 3.8) is 0 Å². The Balaban J connectivity index is 1.54. The second-order valence-corrected chi connectivity index (χ2v) is 10.5. The van der Waals surface area contributed by atoms with E-state index in [0.717, 1.165) is 16.7 Å². The molecule has 4 aromatic carbocycles. The van der Waals surface area contributed by atoms with E-state index in [9.17, 15) is 20.0 Å². The summed E-state index contributed by atoms with van der Waals surface area (Å²) in [5, 5.41) is 22.7. The zero-order valence-corrected chi connectivity index (χ0v) is 22.7. The molecule has 1 heterocycles. The molecule has 8 heteroatoms. The van der Waals surface area contributed by atoms with Crippen LogP contribution in [0.3, 0.4) is 0 Å². The van der Waals surface area contributed by atoms with Crippen LogP contribution in [0.1, 0.15) is 35.1 Å². The third kappa shape index (κ3) is 6.12. The lowest BCUT2D eigenvalue weighted by Crippen LogP contribution is -2.47. The van der Waals surface area contributed by atoms with Gasteiger partial charge in [-0.25, -0.2) is 4.39 Å². The van der Waals surface area contributed by atoms with Crippen molar-refractivity contribution in [3.05, 3.63) is 141 Å². The first kappa shape index (κ1) is 28.0. The van der Waals surface area contributed by atoms with E-state index in [0.29, 0.717) is 19.6 Å². The summed E-state index contributed by atoms with van der Waals surface area (Å²) in [6, 6.07) is 31.2. The SMILES string of the molecule is O=C(O)C1(c2ccc([N+](=O)[O-])c(N(Cc3ccccc3)Cc3ccccc3)c2F)CCN(Cc2ccccc2)CC1. The number of hydrogen-bond donors (Lipinski definition) is 1. The molecule has 1 fully saturated rings. The monoisotopic (exact) mass is 553 g/mol. The highest BCUT2D eigenvalue weighted by Gasteiger charge is 2.46. The van der Waals surface area contributed by atoms with Gasteiger partial charge in [0.05, 0.1) is 10.3 Å². The number of rotatable bonds is 10. The molecule has 0 radical (unpaired) electrons. The van der Waals surface area contributed by atoms with E-state index >= 15 is 4.39 Å². The Morgan fingerprint density at radius 3 is 1.78 bits per heavy atom. The average Bonchev–Trinajstić information content (AvgIpc) is 2.99. The van der Waals surface area contributed by atoms with E-state index < -0.39 is 22.1 Å². The quantitative estimate of drug-likeness (QED) is 0.177. The van der Waals surface area contributed by atoms with Crippen molar-refractivity contribution in [2.45, 2.75) is 37.9 Å². The number of likely N-dealkylation sites (tertiary alicyclic amines) is 1. The highest BCUT2D eigenvalue weighted by molar-refractivity contribution is 5.83. The highest BCUT2D eigenvalue weighted by Crippen LogP contribution is 2.43. The van der Waals surface area contributed by atoms with E-state index in [4.69, 9.17) is 0 Å². The summed E-state index contributed by atoms with van der Waals surface area (Å²) in [5.41, 5.74) is 0.751. The smallest absolute Gasteiger partial charge is 0.314 e. The van der Waals surface area contributed by atoms with Gasteiger partial charge in [0, 0.05) is 31.3 Å². The molecular formula is C33H32FN3O4. The maximum atomic E-state index is 16.8. The standard InChI is InChI=1S/C33H32FN3O4/c34-30-28(33(32(38)39)18-20-35(21-19-33)22-25-10-4-1-5-11-25)16-17-29(37(40)41)31(30)36(23-26-12-6-2-7-13-26)24-27-14-8-3-9-15-27/h1-17H,18-24H2,(H,38,39). The van der Waals surface area contributed by atoms with Gasteiger partial charge in [0.1, 0.15) is 0 Å². The van der Waals surface area contributed by atoms with Gasteiger partial charge in [-0.05, 0) is 48.7 Å². The molecule has 1 N–H and O–H groups in total. The van der Waals surface area contributed by atoms with E-state index in [2.05, 4.69) is 4.90 Å². The van der Waals surface area contributed by atoms with Crippen LogP contribution in [0.5, 0.6) is 0 Å². The van der Waals surface area contributed by atoms with Gasteiger partial charge in [-0.15, -0.1) is 0 Å². The summed E-state index contributed by atoms with van der Waals surface area (Å²) in [5.74, 6) is -1.96. The molecule has 1 saturated heterocycles. The normalized spacial score (nSPS) is 14.9. The van der Waals surface area contributed by atoms with Gasteiger partial charge in [0.25, 0.3) is 5.69 Å². The molecule has 1 aliphatic rings. The summed E-state index contributed by atoms with van der Waals surface area (Å²) >= 11 is 0. The number of aliphatic carboxylic acids is 1. The lowest BCUT2D eigenvalue weighted by atomic mass is 9.72. The number of nitro groups is 1. The average molecular weight is 554 g/mol. The largest absolute Gasteiger partial charge is 0.481 e. The van der Waals surface area contributed by atoms with Crippen LogP contribution in [0.15, 0.2) is 103 Å². The van der Waals surface area contributed by atoms with Crippen molar-refractivity contribution in [1.82, 2.24) is 4.90 Å². The van der Waals surface area contributed by atoms with E-state index in [1.54, 1.807) is 4.90 Å². The van der Waals surface area contributed by atoms with Gasteiger partial charge in [-0.1, -0.05) is 91.0 Å². The fourth-order valence-corrected chi connectivity index (χ4v) is 5.73. The highest BCUT2D eigenvalue weighted by atomic mass is 19.1. The number of carboxylic acid groups (broad SMARTS) is 1. The number of halogens is 1. The minimum atomic E-state index is -1.49. The molecular weight excluding hydrogens is 521 g/mol. The Kier molecular flexibility index (Phi) is 8.40. The molecule has 0 aliphatic carbocycles. The van der Waals surface area contributed by atoms with Crippen molar-refractivity contribution in [2.75, 3.05) is 18.0 Å². The summed E-state index contributed by atoms with van der Waals surface area (Å²) in [4.78, 5) is 28.2. The molecule has 0 bridgehead atoms. The number of benzene rings is 4. The van der Waals surface area contributed by atoms with Crippen LogP contribution in [0.25, 0.3) is 0 Å². The first-order valence-corrected chi connectivity index (χ1v) is 13.7. The summed E-state index contributed by atoms with van der Waals surface area (Å²) in [6.45, 7) is 2.02. The van der Waals surface area contributed by atoms with Gasteiger partial charge in [0.2, 0.25) is 0 Å². The van der Waals surface area contributed by atoms with Crippen LogP contribution in [-0.2, 0) is 29.8 Å². The number of hydrogen-bond acceptors (Lipinski definition) is 5. The van der Waals surface area contributed by atoms with Crippen LogP contribution >= 0.6 is 0 Å². The molecule has 4 aromatic rings. The van der Waals surface area contributed by atoms with Gasteiger partial charge in [-0.3, -0.25) is 19.8 Å². The first-order chi connectivity index (χ1) is 19.9. The molecule has 0 unspecified atom stereocenters. The molecule has 210 valence electrons. The van der Waals surface area contributed by atoms with Crippen molar-refractivity contribution in [3.8, 4) is 0 Å². The molecule has 0 atom stereocenters. The third-order valence-electron chi connectivity index (χ3n) is 7.92. The zero-order chi connectivity index (χ0) is 28.8. The predicted molar refractivity (Wildman–Crippen MR) is 156 cm³/mol. The fourth-order valence-electron chi connectivity index (χ4n) is 5.73. The second kappa shape index (κ2) is 12.3. The second-order valence-electron chi connectivity index (χ2n) is 10.5. The van der Waals surface area contributed by atoms with Gasteiger partial charge < -0.3 is 10.0 Å². The van der Waals surface area contributed by atoms with Gasteiger partial charge >= 0.3 is 5.97 Å². The Morgan fingerprint density at radius 1 is 0.829 bits per heavy atom. The first-order valence-electron chi connectivity index (χ1n) is 13.7. The Bertz CT molecular complexity index is 1450. The number of carbonyl (C=O) groups is 1. The van der Waals surface area contributed by atoms with Crippen LogP contribution in [0, 0.1) is 15.9 Å². The van der Waals surface area contributed by atoms with E-state index in [-0.39, 0.29) is 42.9 Å². The summed E-state index contributed by atoms with van der Waals surface area (Å²) in [7, 11) is 0. The van der Waals surface area contributed by atoms with Crippen LogP contribution < -0.4 is 4.90 Å². The Hall–Kier alpha value is -4.56. The predicted octanol–water partition coefficient (Wildman–Crippen LogP) is 6.56. The molecule has 7 nitrogen and oxygen atoms in total. The lowest BCUT2D eigenvalue weighted by Gasteiger charge is -2.40. The third-order valence-corrected chi connectivity index (χ3v) is 7.92. The van der Waals surface area contributed by atoms with E-state index in [1.165, 1.54) is 12.1 Å². The summed E-state index contributed by atoms with van der Waals surface area (Å²) < 4.78 is 16.8. The van der Waals surface area contributed by atoms with Crippen molar-refractivity contribution in [2.24, 2.45) is 0 Å². The molecule has 0 spiro atoms. The molecule has 1 aliphatic heterocycles. The summed E-state index contributed by atoms with van der Waals surface area (Å²) in [6.07, 6.45) is 0.390. The van der Waals surface area contributed by atoms with Crippen LogP contribution in [0.4, 0.5) is 15.8 Å². The van der Waals surface area contributed by atoms with Crippen LogP contribution in [0.2, 0.25) is 0 Å². The number of nitrogens with zero attached hydrogens (tertiary/aromatic N) is 3. The van der Waals surface area contributed by atoms with Gasteiger partial charge in [0.15, 0.2) is 11.5 Å². The number of carboxylic acids is 1. The topological polar surface area (TPSA) is 86.9 Å². The Labute approximate surface area is 238 Å². The number of anilines is 1. The molecule has 41 heavy (non-hydrogen) atoms. The van der Waals surface area contributed by atoms with Crippen molar-refractivity contribution >= 4 is 17.3 Å². The van der Waals surface area contributed by atoms with Gasteiger partial charge in [-0.2, -0.15) is 0 Å². The minimum absolute atomic E-state index is 0.00363. The minimum Gasteiger partial charge on any atom is -0.481 e. The number of nitro benzene ring substituents is 1. The maximum Gasteiger partial charge on any atom is 0.314 e. The molecule has 0 saturated carbocycles. The zero-order valence-electron chi connectivity index (χ0n) is 22.7.